The molecule has 0 fully saturated rings. The molecule has 2 nitrogen and oxygen atoms in total. The lowest BCUT2D eigenvalue weighted by molar-refractivity contribution is -0.142. The van der Waals surface area contributed by atoms with Gasteiger partial charge in [0.05, 0.1) is 0 Å². The number of hydrogen-bond acceptors (Lipinski definition) is 2. The standard InChI is InChI=1S/C10H18Cl2O2/c1-2-3-4-5-6-7-9(12)14-10(13)8-11/h9H,2-8H2,1H3. The summed E-state index contributed by atoms with van der Waals surface area (Å²) < 4.78 is 4.80. The van der Waals surface area contributed by atoms with Crippen LogP contribution >= 0.6 is 23.2 Å². The van der Waals surface area contributed by atoms with Gasteiger partial charge in [-0.1, -0.05) is 44.2 Å². The van der Waals surface area contributed by atoms with Gasteiger partial charge in [0.1, 0.15) is 5.88 Å². The highest BCUT2D eigenvalue weighted by Crippen LogP contribution is 2.12. The van der Waals surface area contributed by atoms with Crippen molar-refractivity contribution in [1.29, 1.82) is 0 Å². The maximum absolute atomic E-state index is 10.7. The lowest BCUT2D eigenvalue weighted by Crippen LogP contribution is -2.13. The highest BCUT2D eigenvalue weighted by Gasteiger charge is 2.09. The summed E-state index contributed by atoms with van der Waals surface area (Å²) >= 11 is 11.0. The quantitative estimate of drug-likeness (QED) is 0.368. The van der Waals surface area contributed by atoms with Crippen LogP contribution in [0.2, 0.25) is 0 Å². The zero-order valence-electron chi connectivity index (χ0n) is 8.60. The second-order valence-corrected chi connectivity index (χ2v) is 3.99. The molecule has 0 aromatic heterocycles. The van der Waals surface area contributed by atoms with Gasteiger partial charge in [-0.3, -0.25) is 4.79 Å². The van der Waals surface area contributed by atoms with Crippen molar-refractivity contribution in [2.45, 2.75) is 51.0 Å². The number of carbonyl (C=O) groups excluding carboxylic acids is 1. The molecular formula is C10H18Cl2O2. The predicted molar refractivity (Wildman–Crippen MR) is 59.8 cm³/mol. The summed E-state index contributed by atoms with van der Waals surface area (Å²) in [5.74, 6) is -0.570. The van der Waals surface area contributed by atoms with E-state index in [4.69, 9.17) is 27.9 Å². The average Bonchev–Trinajstić information content (AvgIpc) is 2.17. The Bertz CT molecular complexity index is 151. The number of carbonyl (C=O) groups is 1. The van der Waals surface area contributed by atoms with Crippen molar-refractivity contribution in [2.75, 3.05) is 5.88 Å². The lowest BCUT2D eigenvalue weighted by atomic mass is 10.1. The number of ether oxygens (including phenoxy) is 1. The van der Waals surface area contributed by atoms with Crippen LogP contribution in [0, 0.1) is 0 Å². The Kier molecular flexibility index (Phi) is 9.63. The van der Waals surface area contributed by atoms with Gasteiger partial charge in [-0.25, -0.2) is 0 Å². The Morgan fingerprint density at radius 1 is 1.29 bits per heavy atom. The molecular weight excluding hydrogens is 223 g/mol. The number of esters is 1. The number of unbranched alkanes of at least 4 members (excludes halogenated alkanes) is 4. The molecule has 0 saturated heterocycles. The molecule has 0 aromatic carbocycles. The molecule has 0 aliphatic heterocycles. The first-order valence-electron chi connectivity index (χ1n) is 5.10. The van der Waals surface area contributed by atoms with Crippen molar-refractivity contribution in [3.8, 4) is 0 Å². The Morgan fingerprint density at radius 2 is 1.93 bits per heavy atom. The zero-order chi connectivity index (χ0) is 10.8. The molecule has 0 bridgehead atoms. The van der Waals surface area contributed by atoms with E-state index in [1.807, 2.05) is 0 Å². The molecule has 4 heteroatoms. The summed E-state index contributed by atoms with van der Waals surface area (Å²) in [5, 5.41) is 0. The Balaban J connectivity index is 3.26. The minimum absolute atomic E-state index is 0.126. The van der Waals surface area contributed by atoms with Crippen LogP contribution in [-0.4, -0.2) is 17.4 Å². The third-order valence-corrected chi connectivity index (χ3v) is 2.43. The molecule has 0 amide bonds. The number of hydrogen-bond donors (Lipinski definition) is 0. The first-order chi connectivity index (χ1) is 6.70. The first kappa shape index (κ1) is 14.1. The van der Waals surface area contributed by atoms with Crippen molar-refractivity contribution in [1.82, 2.24) is 0 Å². The van der Waals surface area contributed by atoms with Crippen LogP contribution in [0.4, 0.5) is 0 Å². The van der Waals surface area contributed by atoms with E-state index in [0.717, 1.165) is 12.8 Å². The molecule has 0 aromatic rings. The van der Waals surface area contributed by atoms with Gasteiger partial charge in [0.25, 0.3) is 0 Å². The van der Waals surface area contributed by atoms with Crippen LogP contribution in [0.15, 0.2) is 0 Å². The fraction of sp³-hybridized carbons (Fsp3) is 0.900. The van der Waals surface area contributed by atoms with Crippen LogP contribution in [0.5, 0.6) is 0 Å². The molecule has 0 aliphatic rings. The maximum atomic E-state index is 10.7. The molecule has 0 rings (SSSR count). The van der Waals surface area contributed by atoms with Crippen LogP contribution in [-0.2, 0) is 9.53 Å². The molecule has 0 spiro atoms. The normalized spacial score (nSPS) is 12.5. The Morgan fingerprint density at radius 3 is 2.50 bits per heavy atom. The lowest BCUT2D eigenvalue weighted by Gasteiger charge is -2.09. The van der Waals surface area contributed by atoms with Gasteiger partial charge >= 0.3 is 5.97 Å². The highest BCUT2D eigenvalue weighted by molar-refractivity contribution is 6.27. The summed E-state index contributed by atoms with van der Waals surface area (Å²) in [5.41, 5.74) is -0.511. The summed E-state index contributed by atoms with van der Waals surface area (Å²) in [4.78, 5) is 10.7. The SMILES string of the molecule is CCCCCCCC(Cl)OC(=O)CCl. The van der Waals surface area contributed by atoms with Gasteiger partial charge in [0, 0.05) is 0 Å². The third-order valence-electron chi connectivity index (χ3n) is 1.90. The highest BCUT2D eigenvalue weighted by atomic mass is 35.5. The number of halogens is 2. The molecule has 84 valence electrons. The smallest absolute Gasteiger partial charge is 0.322 e. The molecule has 0 heterocycles. The summed E-state index contributed by atoms with van der Waals surface area (Å²) in [7, 11) is 0. The van der Waals surface area contributed by atoms with E-state index in [2.05, 4.69) is 6.92 Å². The molecule has 0 aliphatic carbocycles. The first-order valence-corrected chi connectivity index (χ1v) is 6.07. The summed E-state index contributed by atoms with van der Waals surface area (Å²) in [6.45, 7) is 2.17. The summed E-state index contributed by atoms with van der Waals surface area (Å²) in [6.07, 6.45) is 6.58. The van der Waals surface area contributed by atoms with Gasteiger partial charge in [-0.05, 0) is 12.8 Å². The molecule has 1 atom stereocenters. The number of rotatable bonds is 8. The number of alkyl halides is 2. The molecule has 0 saturated carbocycles. The average molecular weight is 241 g/mol. The van der Waals surface area contributed by atoms with Gasteiger partial charge in [0.15, 0.2) is 5.56 Å². The third kappa shape index (κ3) is 8.64. The second-order valence-electron chi connectivity index (χ2n) is 3.24. The largest absolute Gasteiger partial charge is 0.445 e. The van der Waals surface area contributed by atoms with E-state index >= 15 is 0 Å². The molecule has 1 unspecified atom stereocenters. The minimum atomic E-state index is -0.511. The van der Waals surface area contributed by atoms with E-state index in [0.29, 0.717) is 6.42 Å². The van der Waals surface area contributed by atoms with Gasteiger partial charge < -0.3 is 4.74 Å². The monoisotopic (exact) mass is 240 g/mol. The van der Waals surface area contributed by atoms with Crippen molar-refractivity contribution in [3.05, 3.63) is 0 Å². The van der Waals surface area contributed by atoms with Crippen molar-refractivity contribution in [3.63, 3.8) is 0 Å². The van der Waals surface area contributed by atoms with Crippen LogP contribution in [0.1, 0.15) is 45.4 Å². The second kappa shape index (κ2) is 9.60. The maximum Gasteiger partial charge on any atom is 0.322 e. The van der Waals surface area contributed by atoms with E-state index in [1.54, 1.807) is 0 Å². The predicted octanol–water partition coefficient (Wildman–Crippen LogP) is 3.69. The van der Waals surface area contributed by atoms with Crippen molar-refractivity contribution < 1.29 is 9.53 Å². The molecule has 14 heavy (non-hydrogen) atoms. The van der Waals surface area contributed by atoms with E-state index < -0.39 is 11.5 Å². The minimum Gasteiger partial charge on any atom is -0.445 e. The fourth-order valence-electron chi connectivity index (χ4n) is 1.14. The van der Waals surface area contributed by atoms with E-state index in [-0.39, 0.29) is 5.88 Å². The van der Waals surface area contributed by atoms with E-state index in [9.17, 15) is 4.79 Å². The van der Waals surface area contributed by atoms with Gasteiger partial charge in [-0.2, -0.15) is 0 Å². The molecule has 0 radical (unpaired) electrons. The Labute approximate surface area is 95.9 Å². The van der Waals surface area contributed by atoms with Crippen molar-refractivity contribution in [2.24, 2.45) is 0 Å². The van der Waals surface area contributed by atoms with Crippen LogP contribution in [0.3, 0.4) is 0 Å². The topological polar surface area (TPSA) is 26.3 Å². The molecule has 0 N–H and O–H groups in total. The van der Waals surface area contributed by atoms with Crippen LogP contribution in [0.25, 0.3) is 0 Å². The van der Waals surface area contributed by atoms with Crippen molar-refractivity contribution >= 4 is 29.2 Å². The fourth-order valence-corrected chi connectivity index (χ4v) is 1.46. The van der Waals surface area contributed by atoms with Crippen LogP contribution < -0.4 is 0 Å². The summed E-state index contributed by atoms with van der Waals surface area (Å²) in [6, 6.07) is 0. The van der Waals surface area contributed by atoms with Gasteiger partial charge in [0.2, 0.25) is 0 Å². The Hall–Kier alpha value is 0.0500. The van der Waals surface area contributed by atoms with E-state index in [1.165, 1.54) is 19.3 Å². The zero-order valence-corrected chi connectivity index (χ0v) is 10.1. The van der Waals surface area contributed by atoms with Gasteiger partial charge in [-0.15, -0.1) is 11.6 Å².